The number of ether oxygens (including phenoxy) is 3. The van der Waals surface area contributed by atoms with Crippen molar-refractivity contribution in [2.24, 2.45) is 5.92 Å². The number of carbonyl (C=O) groups is 1. The third kappa shape index (κ3) is 4.22. The molecule has 0 aliphatic carbocycles. The molecule has 0 aromatic heterocycles. The monoisotopic (exact) mass is 266 g/mol. The van der Waals surface area contributed by atoms with Gasteiger partial charge in [-0.3, -0.25) is 0 Å². The molecule has 1 aromatic rings. The van der Waals surface area contributed by atoms with Gasteiger partial charge in [0.2, 0.25) is 0 Å². The molecule has 0 bridgehead atoms. The highest BCUT2D eigenvalue weighted by Gasteiger charge is 2.31. The molecule has 1 aliphatic rings. The Balaban J connectivity index is 1.65. The van der Waals surface area contributed by atoms with E-state index >= 15 is 0 Å². The average Bonchev–Trinajstić information content (AvgIpc) is 2.74. The zero-order chi connectivity index (χ0) is 13.7. The van der Waals surface area contributed by atoms with Crippen molar-refractivity contribution in [2.75, 3.05) is 6.61 Å². The van der Waals surface area contributed by atoms with Gasteiger partial charge >= 0.3 is 6.16 Å². The van der Waals surface area contributed by atoms with Crippen LogP contribution in [0.25, 0.3) is 0 Å². The summed E-state index contributed by atoms with van der Waals surface area (Å²) in [6.45, 7) is 2.18. The van der Waals surface area contributed by atoms with Gasteiger partial charge in [0.25, 0.3) is 0 Å². The van der Waals surface area contributed by atoms with Crippen LogP contribution in [-0.2, 0) is 20.8 Å². The predicted molar refractivity (Wildman–Crippen MR) is 67.2 cm³/mol. The summed E-state index contributed by atoms with van der Waals surface area (Å²) in [5.41, 5.74) is 0.903. The summed E-state index contributed by atoms with van der Waals surface area (Å²) < 4.78 is 15.1. The molecule has 0 saturated carbocycles. The fourth-order valence-electron chi connectivity index (χ4n) is 1.94. The van der Waals surface area contributed by atoms with E-state index in [4.69, 9.17) is 14.2 Å². The second kappa shape index (κ2) is 6.54. The molecule has 1 aliphatic heterocycles. The van der Waals surface area contributed by atoms with Gasteiger partial charge in [0.15, 0.2) is 6.29 Å². The van der Waals surface area contributed by atoms with Crippen LogP contribution in [0.1, 0.15) is 18.9 Å². The average molecular weight is 266 g/mol. The molecule has 5 heteroatoms. The first-order valence-electron chi connectivity index (χ1n) is 6.32. The highest BCUT2D eigenvalue weighted by atomic mass is 16.7. The molecule has 1 heterocycles. The molecular weight excluding hydrogens is 248 g/mol. The van der Waals surface area contributed by atoms with Crippen LogP contribution in [0.15, 0.2) is 30.3 Å². The second-order valence-corrected chi connectivity index (χ2v) is 4.70. The summed E-state index contributed by atoms with van der Waals surface area (Å²) in [5, 5.41) is 9.39. The molecule has 1 aromatic carbocycles. The lowest BCUT2D eigenvalue weighted by atomic mass is 10.1. The number of rotatable bonds is 4. The Kier molecular flexibility index (Phi) is 4.76. The van der Waals surface area contributed by atoms with Gasteiger partial charge in [0.05, 0.1) is 6.10 Å². The molecule has 1 saturated heterocycles. The lowest BCUT2D eigenvalue weighted by molar-refractivity contribution is -0.117. The minimum Gasteiger partial charge on any atom is -0.432 e. The lowest BCUT2D eigenvalue weighted by Gasteiger charge is -2.11. The van der Waals surface area contributed by atoms with Crippen molar-refractivity contribution in [3.05, 3.63) is 35.9 Å². The fourth-order valence-corrected chi connectivity index (χ4v) is 1.94. The summed E-state index contributed by atoms with van der Waals surface area (Å²) in [4.78, 5) is 11.4. The molecular formula is C14H18O5. The summed E-state index contributed by atoms with van der Waals surface area (Å²) in [7, 11) is 0. The first-order chi connectivity index (χ1) is 9.15. The van der Waals surface area contributed by atoms with E-state index in [9.17, 15) is 9.90 Å². The van der Waals surface area contributed by atoms with Gasteiger partial charge in [-0.05, 0) is 12.0 Å². The highest BCUT2D eigenvalue weighted by Crippen LogP contribution is 2.24. The number of aliphatic hydroxyl groups excluding tert-OH is 1. The minimum absolute atomic E-state index is 0.0638. The van der Waals surface area contributed by atoms with Crippen LogP contribution in [0.2, 0.25) is 0 Å². The topological polar surface area (TPSA) is 65.0 Å². The van der Waals surface area contributed by atoms with Gasteiger partial charge in [-0.15, -0.1) is 0 Å². The number of hydrogen-bond donors (Lipinski definition) is 1. The van der Waals surface area contributed by atoms with Gasteiger partial charge in [0, 0.05) is 5.92 Å². The quantitative estimate of drug-likeness (QED) is 0.845. The molecule has 5 nitrogen and oxygen atoms in total. The molecule has 3 atom stereocenters. The van der Waals surface area contributed by atoms with Crippen LogP contribution in [0.3, 0.4) is 0 Å². The van der Waals surface area contributed by atoms with E-state index in [1.165, 1.54) is 0 Å². The van der Waals surface area contributed by atoms with Gasteiger partial charge in [-0.1, -0.05) is 37.3 Å². The van der Waals surface area contributed by atoms with Crippen LogP contribution in [0.5, 0.6) is 0 Å². The van der Waals surface area contributed by atoms with Crippen LogP contribution in [0, 0.1) is 5.92 Å². The Morgan fingerprint density at radius 2 is 2.11 bits per heavy atom. The van der Waals surface area contributed by atoms with Crippen molar-refractivity contribution in [3.8, 4) is 0 Å². The van der Waals surface area contributed by atoms with E-state index in [0.29, 0.717) is 6.42 Å². The van der Waals surface area contributed by atoms with Crippen LogP contribution in [0.4, 0.5) is 4.79 Å². The summed E-state index contributed by atoms with van der Waals surface area (Å²) in [6.07, 6.45) is -1.07. The Hall–Kier alpha value is -1.59. The minimum atomic E-state index is -0.770. The van der Waals surface area contributed by atoms with E-state index in [-0.39, 0.29) is 25.2 Å². The third-order valence-electron chi connectivity index (χ3n) is 3.04. The van der Waals surface area contributed by atoms with Crippen molar-refractivity contribution in [1.82, 2.24) is 0 Å². The first-order valence-corrected chi connectivity index (χ1v) is 6.32. The van der Waals surface area contributed by atoms with Crippen LogP contribution in [-0.4, -0.2) is 30.3 Å². The molecule has 0 radical (unpaired) electrons. The van der Waals surface area contributed by atoms with Crippen LogP contribution >= 0.6 is 0 Å². The summed E-state index contributed by atoms with van der Waals surface area (Å²) >= 11 is 0. The molecule has 2 rings (SSSR count). The van der Waals surface area contributed by atoms with E-state index in [0.717, 1.165) is 5.56 Å². The SMILES string of the molecule is CC1C[C@@H](COC(=O)OCc2ccccc2)O[C@@H]1O. The molecule has 104 valence electrons. The fraction of sp³-hybridized carbons (Fsp3) is 0.500. The second-order valence-electron chi connectivity index (χ2n) is 4.70. The van der Waals surface area contributed by atoms with Crippen LogP contribution < -0.4 is 0 Å². The summed E-state index contributed by atoms with van der Waals surface area (Å²) in [5.74, 6) is 0.0638. The standard InChI is InChI=1S/C14H18O5/c1-10-7-12(19-13(10)15)9-18-14(16)17-8-11-5-3-2-4-6-11/h2-6,10,12-13,15H,7-9H2,1H3/t10?,12-,13-/m0/s1. The molecule has 19 heavy (non-hydrogen) atoms. The maximum absolute atomic E-state index is 11.4. The molecule has 1 fully saturated rings. The Morgan fingerprint density at radius 1 is 1.37 bits per heavy atom. The van der Waals surface area contributed by atoms with Crippen molar-refractivity contribution >= 4 is 6.16 Å². The van der Waals surface area contributed by atoms with E-state index < -0.39 is 12.4 Å². The molecule has 1 N–H and O–H groups in total. The lowest BCUT2D eigenvalue weighted by Crippen LogP contribution is -2.20. The Morgan fingerprint density at radius 3 is 2.74 bits per heavy atom. The number of benzene rings is 1. The molecule has 0 spiro atoms. The van der Waals surface area contributed by atoms with Gasteiger partial charge < -0.3 is 19.3 Å². The molecule has 0 amide bonds. The zero-order valence-corrected chi connectivity index (χ0v) is 10.8. The highest BCUT2D eigenvalue weighted by molar-refractivity contribution is 5.59. The number of aliphatic hydroxyl groups is 1. The van der Waals surface area contributed by atoms with Gasteiger partial charge in [-0.25, -0.2) is 4.79 Å². The summed E-state index contributed by atoms with van der Waals surface area (Å²) in [6, 6.07) is 9.38. The smallest absolute Gasteiger partial charge is 0.432 e. The predicted octanol–water partition coefficient (Wildman–Crippen LogP) is 2.08. The van der Waals surface area contributed by atoms with E-state index in [1.807, 2.05) is 37.3 Å². The van der Waals surface area contributed by atoms with E-state index in [1.54, 1.807) is 0 Å². The Bertz CT molecular complexity index is 396. The van der Waals surface area contributed by atoms with Gasteiger partial charge in [-0.2, -0.15) is 0 Å². The van der Waals surface area contributed by atoms with Crippen molar-refractivity contribution in [2.45, 2.75) is 32.3 Å². The van der Waals surface area contributed by atoms with Crippen molar-refractivity contribution < 1.29 is 24.1 Å². The first kappa shape index (κ1) is 13.8. The van der Waals surface area contributed by atoms with Crippen molar-refractivity contribution in [3.63, 3.8) is 0 Å². The third-order valence-corrected chi connectivity index (χ3v) is 3.04. The zero-order valence-electron chi connectivity index (χ0n) is 10.8. The van der Waals surface area contributed by atoms with Gasteiger partial charge in [0.1, 0.15) is 13.2 Å². The van der Waals surface area contributed by atoms with Crippen molar-refractivity contribution in [1.29, 1.82) is 0 Å². The molecule has 1 unspecified atom stereocenters. The maximum Gasteiger partial charge on any atom is 0.508 e. The Labute approximate surface area is 112 Å². The van der Waals surface area contributed by atoms with E-state index in [2.05, 4.69) is 0 Å². The number of hydrogen-bond acceptors (Lipinski definition) is 5. The number of carbonyl (C=O) groups excluding carboxylic acids is 1. The normalized spacial score (nSPS) is 26.1. The maximum atomic E-state index is 11.4. The largest absolute Gasteiger partial charge is 0.508 e.